The molecule has 0 bridgehead atoms. The second kappa shape index (κ2) is 8.29. The minimum Gasteiger partial charge on any atom is -0.382 e. The fourth-order valence-corrected chi connectivity index (χ4v) is 2.59. The highest BCUT2D eigenvalue weighted by Crippen LogP contribution is 2.60. The molecule has 0 aromatic heterocycles. The van der Waals surface area contributed by atoms with E-state index in [1.165, 1.54) is 25.7 Å². The highest BCUT2D eigenvalue weighted by atomic mass is 127. The summed E-state index contributed by atoms with van der Waals surface area (Å²) in [5, 5.41) is 6.83. The zero-order chi connectivity index (χ0) is 12.8. The van der Waals surface area contributed by atoms with Crippen LogP contribution in [0.5, 0.6) is 0 Å². The van der Waals surface area contributed by atoms with Crippen LogP contribution in [0.2, 0.25) is 0 Å². The summed E-state index contributed by atoms with van der Waals surface area (Å²) in [6.07, 6.45) is 6.74. The maximum absolute atomic E-state index is 5.31. The van der Waals surface area contributed by atoms with Crippen LogP contribution in [-0.4, -0.2) is 39.3 Å². The molecule has 0 spiro atoms. The summed E-state index contributed by atoms with van der Waals surface area (Å²) in [6, 6.07) is 0. The first-order chi connectivity index (χ1) is 8.80. The van der Waals surface area contributed by atoms with Gasteiger partial charge in [0.1, 0.15) is 0 Å². The fourth-order valence-electron chi connectivity index (χ4n) is 2.59. The van der Waals surface area contributed by atoms with E-state index in [4.69, 9.17) is 4.74 Å². The Morgan fingerprint density at radius 1 is 1.32 bits per heavy atom. The summed E-state index contributed by atoms with van der Waals surface area (Å²) in [4.78, 5) is 4.27. The minimum absolute atomic E-state index is 0. The highest BCUT2D eigenvalue weighted by molar-refractivity contribution is 14.0. The third-order valence-electron chi connectivity index (χ3n) is 4.13. The number of nitrogens with zero attached hydrogens (tertiary/aromatic N) is 1. The second-order valence-corrected chi connectivity index (χ2v) is 5.54. The first-order valence-electron chi connectivity index (χ1n) is 7.33. The van der Waals surface area contributed by atoms with Gasteiger partial charge in [-0.3, -0.25) is 4.99 Å². The van der Waals surface area contributed by atoms with E-state index in [1.807, 2.05) is 14.0 Å². The van der Waals surface area contributed by atoms with Gasteiger partial charge >= 0.3 is 0 Å². The quantitative estimate of drug-likeness (QED) is 0.294. The minimum atomic E-state index is 0. The number of hydrogen-bond acceptors (Lipinski definition) is 2. The van der Waals surface area contributed by atoms with Crippen LogP contribution in [-0.2, 0) is 4.74 Å². The van der Waals surface area contributed by atoms with Gasteiger partial charge in [0.15, 0.2) is 5.96 Å². The molecule has 0 saturated heterocycles. The van der Waals surface area contributed by atoms with Crippen LogP contribution in [0.25, 0.3) is 0 Å². The molecule has 19 heavy (non-hydrogen) atoms. The van der Waals surface area contributed by atoms with Gasteiger partial charge in [-0.1, -0.05) is 0 Å². The predicted octanol–water partition coefficient (Wildman–Crippen LogP) is 2.39. The Balaban J connectivity index is 0.00000180. The molecule has 0 heterocycles. The van der Waals surface area contributed by atoms with E-state index in [0.717, 1.165) is 44.6 Å². The lowest BCUT2D eigenvalue weighted by atomic mass is 10.0. The van der Waals surface area contributed by atoms with Crippen LogP contribution in [0.3, 0.4) is 0 Å². The molecule has 0 atom stereocenters. The van der Waals surface area contributed by atoms with Crippen LogP contribution < -0.4 is 10.6 Å². The van der Waals surface area contributed by atoms with Gasteiger partial charge in [-0.05, 0) is 50.4 Å². The molecular weight excluding hydrogens is 353 g/mol. The second-order valence-electron chi connectivity index (χ2n) is 5.54. The Morgan fingerprint density at radius 2 is 2.05 bits per heavy atom. The lowest BCUT2D eigenvalue weighted by molar-refractivity contribution is 0.145. The molecule has 2 fully saturated rings. The van der Waals surface area contributed by atoms with Crippen molar-refractivity contribution in [1.29, 1.82) is 0 Å². The molecule has 0 aromatic carbocycles. The molecule has 5 heteroatoms. The van der Waals surface area contributed by atoms with Gasteiger partial charge in [0.25, 0.3) is 0 Å². The van der Waals surface area contributed by atoms with E-state index in [-0.39, 0.29) is 24.0 Å². The maximum Gasteiger partial charge on any atom is 0.190 e. The van der Waals surface area contributed by atoms with Crippen molar-refractivity contribution in [2.45, 2.75) is 39.0 Å². The number of guanidine groups is 1. The zero-order valence-corrected chi connectivity index (χ0v) is 14.5. The normalized spacial score (nSPS) is 20.6. The Bertz CT molecular complexity index is 288. The van der Waals surface area contributed by atoms with Crippen molar-refractivity contribution in [2.75, 3.05) is 33.4 Å². The van der Waals surface area contributed by atoms with E-state index in [0.29, 0.717) is 5.41 Å². The number of aliphatic imine (C=N–C) groups is 1. The van der Waals surface area contributed by atoms with Gasteiger partial charge in [-0.2, -0.15) is 0 Å². The molecule has 0 radical (unpaired) electrons. The van der Waals surface area contributed by atoms with E-state index >= 15 is 0 Å². The summed E-state index contributed by atoms with van der Waals surface area (Å²) in [6.45, 7) is 5.68. The Hall–Kier alpha value is -0.0400. The third kappa shape index (κ3) is 5.45. The fraction of sp³-hybridized carbons (Fsp3) is 0.929. The third-order valence-corrected chi connectivity index (χ3v) is 4.13. The van der Waals surface area contributed by atoms with Crippen molar-refractivity contribution >= 4 is 29.9 Å². The van der Waals surface area contributed by atoms with Crippen LogP contribution in [0.1, 0.15) is 39.0 Å². The van der Waals surface area contributed by atoms with Gasteiger partial charge in [0.05, 0.1) is 0 Å². The monoisotopic (exact) mass is 381 g/mol. The SMILES string of the molecule is CCOCCCNC(=NC)NCC1(C2CC2)CC1.I. The topological polar surface area (TPSA) is 45.6 Å². The average molecular weight is 381 g/mol. The van der Waals surface area contributed by atoms with E-state index in [1.54, 1.807) is 0 Å². The molecule has 2 N–H and O–H groups in total. The summed E-state index contributed by atoms with van der Waals surface area (Å²) in [5.41, 5.74) is 0.628. The average Bonchev–Trinajstić information content (AvgIpc) is 3.25. The zero-order valence-electron chi connectivity index (χ0n) is 12.2. The number of hydrogen-bond donors (Lipinski definition) is 2. The smallest absolute Gasteiger partial charge is 0.190 e. The summed E-state index contributed by atoms with van der Waals surface area (Å²) in [7, 11) is 1.84. The Morgan fingerprint density at radius 3 is 2.58 bits per heavy atom. The van der Waals surface area contributed by atoms with Gasteiger partial charge in [0, 0.05) is 33.4 Å². The van der Waals surface area contributed by atoms with E-state index in [9.17, 15) is 0 Å². The molecular formula is C14H28IN3O. The van der Waals surface area contributed by atoms with Crippen molar-refractivity contribution in [3.63, 3.8) is 0 Å². The first kappa shape index (κ1) is 17.0. The van der Waals surface area contributed by atoms with E-state index < -0.39 is 0 Å². The van der Waals surface area contributed by atoms with Crippen molar-refractivity contribution < 1.29 is 4.74 Å². The van der Waals surface area contributed by atoms with Crippen LogP contribution >= 0.6 is 24.0 Å². The van der Waals surface area contributed by atoms with Crippen molar-refractivity contribution in [3.05, 3.63) is 0 Å². The number of nitrogens with one attached hydrogen (secondary N) is 2. The Labute approximate surface area is 134 Å². The predicted molar refractivity (Wildman–Crippen MR) is 90.3 cm³/mol. The Kier molecular flexibility index (Phi) is 7.42. The molecule has 0 aliphatic heterocycles. The molecule has 2 aliphatic rings. The molecule has 2 aliphatic carbocycles. The number of halogens is 1. The summed E-state index contributed by atoms with van der Waals surface area (Å²) in [5.74, 6) is 1.94. The number of ether oxygens (including phenoxy) is 1. The molecule has 4 nitrogen and oxygen atoms in total. The molecule has 2 rings (SSSR count). The largest absolute Gasteiger partial charge is 0.382 e. The van der Waals surface area contributed by atoms with Crippen molar-refractivity contribution in [3.8, 4) is 0 Å². The molecule has 0 amide bonds. The maximum atomic E-state index is 5.31. The van der Waals surface area contributed by atoms with Gasteiger partial charge in [-0.25, -0.2) is 0 Å². The van der Waals surface area contributed by atoms with Crippen LogP contribution in [0.15, 0.2) is 4.99 Å². The molecule has 112 valence electrons. The van der Waals surface area contributed by atoms with Crippen molar-refractivity contribution in [1.82, 2.24) is 10.6 Å². The highest BCUT2D eigenvalue weighted by Gasteiger charge is 2.53. The molecule has 0 unspecified atom stereocenters. The first-order valence-corrected chi connectivity index (χ1v) is 7.33. The molecule has 0 aromatic rings. The lowest BCUT2D eigenvalue weighted by Crippen LogP contribution is -2.41. The lowest BCUT2D eigenvalue weighted by Gasteiger charge is -2.18. The molecule has 2 saturated carbocycles. The van der Waals surface area contributed by atoms with Gasteiger partial charge in [-0.15, -0.1) is 24.0 Å². The summed E-state index contributed by atoms with van der Waals surface area (Å²) < 4.78 is 5.31. The summed E-state index contributed by atoms with van der Waals surface area (Å²) >= 11 is 0. The van der Waals surface area contributed by atoms with Crippen molar-refractivity contribution in [2.24, 2.45) is 16.3 Å². The standard InChI is InChI=1S/C14H27N3O.HI/c1-3-18-10-4-9-16-13(15-2)17-11-14(7-8-14)12-5-6-12;/h12H,3-11H2,1-2H3,(H2,15,16,17);1H. The van der Waals surface area contributed by atoms with Gasteiger partial charge < -0.3 is 15.4 Å². The number of rotatable bonds is 8. The van der Waals surface area contributed by atoms with Crippen LogP contribution in [0, 0.1) is 11.3 Å². The van der Waals surface area contributed by atoms with Crippen LogP contribution in [0.4, 0.5) is 0 Å². The van der Waals surface area contributed by atoms with Gasteiger partial charge in [0.2, 0.25) is 0 Å². The van der Waals surface area contributed by atoms with E-state index in [2.05, 4.69) is 15.6 Å².